The first-order valence-corrected chi connectivity index (χ1v) is 6.17. The van der Waals surface area contributed by atoms with Gasteiger partial charge < -0.3 is 4.74 Å². The first kappa shape index (κ1) is 14.4. The summed E-state index contributed by atoms with van der Waals surface area (Å²) in [5, 5.41) is 0.540. The maximum absolute atomic E-state index is 13.1. The van der Waals surface area contributed by atoms with Gasteiger partial charge in [0.05, 0.1) is 12.6 Å². The van der Waals surface area contributed by atoms with E-state index in [1.807, 2.05) is 0 Å². The average Bonchev–Trinajstić information content (AvgIpc) is 2.76. The van der Waals surface area contributed by atoms with Gasteiger partial charge in [0, 0.05) is 17.5 Å². The normalized spacial score (nSPS) is 11.8. The molecule has 0 N–H and O–H groups in total. The molecule has 6 heteroatoms. The number of aryl methyl sites for hydroxylation is 1. The van der Waals surface area contributed by atoms with Crippen molar-refractivity contribution in [3.05, 3.63) is 36.0 Å². The number of rotatable bonds is 4. The summed E-state index contributed by atoms with van der Waals surface area (Å²) in [7, 11) is 1.26. The summed E-state index contributed by atoms with van der Waals surface area (Å²) >= 11 is 0. The van der Waals surface area contributed by atoms with Crippen LogP contribution >= 0.6 is 0 Å². The highest BCUT2D eigenvalue weighted by Crippen LogP contribution is 2.32. The molecule has 0 aliphatic carbocycles. The molecule has 1 heterocycles. The van der Waals surface area contributed by atoms with Gasteiger partial charge in [0.25, 0.3) is 0 Å². The number of hydrogen-bond acceptors (Lipinski definition) is 2. The number of nitrogens with zero attached hydrogens (tertiary/aromatic N) is 1. The van der Waals surface area contributed by atoms with E-state index in [1.54, 1.807) is 18.2 Å². The van der Waals surface area contributed by atoms with Gasteiger partial charge in [0.15, 0.2) is 0 Å². The molecule has 1 aromatic heterocycles. The SMILES string of the molecule is COC(=O)CCCc1cc2ccccc2n1C(F)(F)F. The van der Waals surface area contributed by atoms with Crippen LogP contribution in [-0.2, 0) is 22.3 Å². The first-order chi connectivity index (χ1) is 9.43. The third kappa shape index (κ3) is 2.95. The summed E-state index contributed by atoms with van der Waals surface area (Å²) in [5.41, 5.74) is 0.288. The number of ether oxygens (including phenoxy) is 1. The Kier molecular flexibility index (Phi) is 4.01. The van der Waals surface area contributed by atoms with Gasteiger partial charge >= 0.3 is 12.3 Å². The number of carbonyl (C=O) groups excluding carboxylic acids is 1. The molecule has 3 nitrogen and oxygen atoms in total. The number of hydrogen-bond donors (Lipinski definition) is 0. The van der Waals surface area contributed by atoms with Crippen LogP contribution in [0, 0.1) is 0 Å². The van der Waals surface area contributed by atoms with Crippen LogP contribution < -0.4 is 0 Å². The molecule has 1 aromatic carbocycles. The molecule has 0 aliphatic rings. The minimum Gasteiger partial charge on any atom is -0.469 e. The molecule has 0 spiro atoms. The number of carbonyl (C=O) groups is 1. The van der Waals surface area contributed by atoms with E-state index in [-0.39, 0.29) is 24.1 Å². The molecule has 20 heavy (non-hydrogen) atoms. The van der Waals surface area contributed by atoms with Crippen molar-refractivity contribution in [1.82, 2.24) is 4.57 Å². The maximum Gasteiger partial charge on any atom is 0.489 e. The molecule has 108 valence electrons. The second kappa shape index (κ2) is 5.56. The van der Waals surface area contributed by atoms with E-state index in [2.05, 4.69) is 4.74 Å². The molecule has 0 unspecified atom stereocenters. The largest absolute Gasteiger partial charge is 0.489 e. The van der Waals surface area contributed by atoms with Crippen molar-refractivity contribution in [3.63, 3.8) is 0 Å². The molecular weight excluding hydrogens is 271 g/mol. The van der Waals surface area contributed by atoms with Gasteiger partial charge in [-0.1, -0.05) is 18.2 Å². The highest BCUT2D eigenvalue weighted by molar-refractivity contribution is 5.81. The molecule has 0 fully saturated rings. The third-order valence-electron chi connectivity index (χ3n) is 3.08. The Morgan fingerprint density at radius 3 is 2.65 bits per heavy atom. The lowest BCUT2D eigenvalue weighted by Gasteiger charge is -2.13. The third-order valence-corrected chi connectivity index (χ3v) is 3.08. The van der Waals surface area contributed by atoms with Crippen LogP contribution in [0.4, 0.5) is 13.2 Å². The van der Waals surface area contributed by atoms with Crippen molar-refractivity contribution < 1.29 is 22.7 Å². The zero-order valence-electron chi connectivity index (χ0n) is 10.9. The number of benzene rings is 1. The van der Waals surface area contributed by atoms with Gasteiger partial charge in [-0.2, -0.15) is 0 Å². The summed E-state index contributed by atoms with van der Waals surface area (Å²) < 4.78 is 44.3. The van der Waals surface area contributed by atoms with E-state index >= 15 is 0 Å². The molecule has 2 aromatic rings. The Morgan fingerprint density at radius 1 is 1.30 bits per heavy atom. The van der Waals surface area contributed by atoms with Crippen LogP contribution in [0.2, 0.25) is 0 Å². The zero-order chi connectivity index (χ0) is 14.8. The van der Waals surface area contributed by atoms with Crippen LogP contribution in [0.1, 0.15) is 18.5 Å². The van der Waals surface area contributed by atoms with Crippen molar-refractivity contribution in [2.45, 2.75) is 25.6 Å². The second-order valence-corrected chi connectivity index (χ2v) is 4.43. The lowest BCUT2D eigenvalue weighted by atomic mass is 10.2. The number of alkyl halides is 3. The Balaban J connectivity index is 2.30. The van der Waals surface area contributed by atoms with Crippen LogP contribution in [0.15, 0.2) is 30.3 Å². The van der Waals surface area contributed by atoms with Crippen molar-refractivity contribution in [2.75, 3.05) is 7.11 Å². The van der Waals surface area contributed by atoms with Crippen molar-refractivity contribution in [1.29, 1.82) is 0 Å². The zero-order valence-corrected chi connectivity index (χ0v) is 10.9. The molecular formula is C14H14F3NO2. The van der Waals surface area contributed by atoms with Crippen molar-refractivity contribution in [2.24, 2.45) is 0 Å². The summed E-state index contributed by atoms with van der Waals surface area (Å²) in [5.74, 6) is -0.417. The van der Waals surface area contributed by atoms with E-state index < -0.39 is 12.3 Å². The molecule has 0 amide bonds. The number of aromatic nitrogens is 1. The standard InChI is InChI=1S/C14H14F3NO2/c1-20-13(19)8-4-6-11-9-10-5-2-3-7-12(10)18(11)14(15,16)17/h2-3,5,7,9H,4,6,8H2,1H3. The summed E-state index contributed by atoms with van der Waals surface area (Å²) in [4.78, 5) is 11.0. The highest BCUT2D eigenvalue weighted by atomic mass is 19.4. The average molecular weight is 285 g/mol. The van der Waals surface area contributed by atoms with Gasteiger partial charge in [-0.15, -0.1) is 13.2 Å². The van der Waals surface area contributed by atoms with Gasteiger partial charge in [0.1, 0.15) is 0 Å². The minimum atomic E-state index is -4.47. The second-order valence-electron chi connectivity index (χ2n) is 4.43. The Labute approximate surface area is 113 Å². The maximum atomic E-state index is 13.1. The summed E-state index contributed by atoms with van der Waals surface area (Å²) in [6, 6.07) is 7.86. The predicted octanol–water partition coefficient (Wildman–Crippen LogP) is 3.61. The molecule has 0 saturated carbocycles. The quantitative estimate of drug-likeness (QED) is 0.803. The predicted molar refractivity (Wildman–Crippen MR) is 68.2 cm³/mol. The van der Waals surface area contributed by atoms with Crippen LogP contribution in [-0.4, -0.2) is 17.6 Å². The van der Waals surface area contributed by atoms with E-state index in [4.69, 9.17) is 0 Å². The van der Waals surface area contributed by atoms with Gasteiger partial charge in [-0.3, -0.25) is 9.36 Å². The van der Waals surface area contributed by atoms with E-state index in [9.17, 15) is 18.0 Å². The van der Waals surface area contributed by atoms with Crippen LogP contribution in [0.5, 0.6) is 0 Å². The molecule has 2 rings (SSSR count). The number of methoxy groups -OCH3 is 1. The van der Waals surface area contributed by atoms with E-state index in [0.29, 0.717) is 16.4 Å². The molecule has 0 atom stereocenters. The Morgan fingerprint density at radius 2 is 2.00 bits per heavy atom. The minimum absolute atomic E-state index is 0.107. The van der Waals surface area contributed by atoms with Gasteiger partial charge in [-0.05, 0) is 25.0 Å². The molecule has 0 radical (unpaired) electrons. The monoisotopic (exact) mass is 285 g/mol. The Bertz CT molecular complexity index is 616. The van der Waals surface area contributed by atoms with Crippen LogP contribution in [0.25, 0.3) is 10.9 Å². The Hall–Kier alpha value is -1.98. The van der Waals surface area contributed by atoms with Crippen LogP contribution in [0.3, 0.4) is 0 Å². The number of para-hydroxylation sites is 1. The molecule has 0 saturated heterocycles. The lowest BCUT2D eigenvalue weighted by Crippen LogP contribution is -2.19. The fourth-order valence-electron chi connectivity index (χ4n) is 2.21. The fourth-order valence-corrected chi connectivity index (χ4v) is 2.21. The number of esters is 1. The van der Waals surface area contributed by atoms with Crippen molar-refractivity contribution >= 4 is 16.9 Å². The smallest absolute Gasteiger partial charge is 0.469 e. The van der Waals surface area contributed by atoms with Gasteiger partial charge in [0.2, 0.25) is 0 Å². The summed E-state index contributed by atoms with van der Waals surface area (Å²) in [6.45, 7) is 0. The van der Waals surface area contributed by atoms with Crippen molar-refractivity contribution in [3.8, 4) is 0 Å². The summed E-state index contributed by atoms with van der Waals surface area (Å²) in [6.07, 6.45) is -3.87. The number of halogens is 3. The fraction of sp³-hybridized carbons (Fsp3) is 0.357. The highest BCUT2D eigenvalue weighted by Gasteiger charge is 2.34. The molecule has 0 bridgehead atoms. The number of fused-ring (bicyclic) bond motifs is 1. The molecule has 0 aliphatic heterocycles. The van der Waals surface area contributed by atoms with E-state index in [1.165, 1.54) is 19.2 Å². The van der Waals surface area contributed by atoms with Gasteiger partial charge in [-0.25, -0.2) is 0 Å². The topological polar surface area (TPSA) is 31.2 Å². The lowest BCUT2D eigenvalue weighted by molar-refractivity contribution is -0.202. The first-order valence-electron chi connectivity index (χ1n) is 6.17. The van der Waals surface area contributed by atoms with E-state index in [0.717, 1.165) is 0 Å².